The van der Waals surface area contributed by atoms with Gasteiger partial charge in [-0.25, -0.2) is 4.98 Å². The van der Waals surface area contributed by atoms with Gasteiger partial charge in [-0.3, -0.25) is 4.79 Å². The van der Waals surface area contributed by atoms with Gasteiger partial charge >= 0.3 is 0 Å². The Morgan fingerprint density at radius 3 is 3.10 bits per heavy atom. The fraction of sp³-hybridized carbons (Fsp3) is 0.692. The summed E-state index contributed by atoms with van der Waals surface area (Å²) in [6.07, 6.45) is 3.27. The molecule has 20 heavy (non-hydrogen) atoms. The monoisotopic (exact) mass is 296 g/mol. The molecule has 0 spiro atoms. The lowest BCUT2D eigenvalue weighted by Gasteiger charge is -2.21. The number of aromatic nitrogens is 1. The van der Waals surface area contributed by atoms with Crippen molar-refractivity contribution in [1.82, 2.24) is 9.88 Å². The van der Waals surface area contributed by atoms with E-state index in [1.165, 1.54) is 24.2 Å². The Hall–Kier alpha value is -1.34. The van der Waals surface area contributed by atoms with E-state index in [1.807, 2.05) is 11.8 Å². The van der Waals surface area contributed by atoms with Gasteiger partial charge < -0.3 is 20.7 Å². The lowest BCUT2D eigenvalue weighted by Crippen LogP contribution is -2.35. The topological polar surface area (TPSA) is 80.5 Å². The summed E-state index contributed by atoms with van der Waals surface area (Å²) < 4.78 is 5.57. The van der Waals surface area contributed by atoms with Crippen molar-refractivity contribution >= 4 is 28.2 Å². The molecule has 1 aliphatic carbocycles. The molecule has 6 nitrogen and oxygen atoms in total. The summed E-state index contributed by atoms with van der Waals surface area (Å²) in [4.78, 5) is 19.2. The highest BCUT2D eigenvalue weighted by atomic mass is 32.1. The molecule has 1 amide bonds. The molecule has 1 saturated heterocycles. The maximum Gasteiger partial charge on any atom is 0.267 e. The minimum atomic E-state index is -0.0267. The van der Waals surface area contributed by atoms with Crippen molar-refractivity contribution in [3.05, 3.63) is 4.88 Å². The van der Waals surface area contributed by atoms with E-state index < -0.39 is 0 Å². The van der Waals surface area contributed by atoms with Gasteiger partial charge in [0.1, 0.15) is 10.7 Å². The van der Waals surface area contributed by atoms with Crippen molar-refractivity contribution in [3.63, 3.8) is 0 Å². The zero-order valence-corrected chi connectivity index (χ0v) is 12.4. The highest BCUT2D eigenvalue weighted by Gasteiger charge is 2.27. The first-order valence-corrected chi connectivity index (χ1v) is 7.89. The molecular formula is C13H20N4O2S. The van der Waals surface area contributed by atoms with Crippen LogP contribution in [0.1, 0.15) is 35.9 Å². The zero-order valence-electron chi connectivity index (χ0n) is 11.6. The second-order valence-electron chi connectivity index (χ2n) is 5.44. The fourth-order valence-electron chi connectivity index (χ4n) is 2.27. The number of nitrogen functional groups attached to an aromatic ring is 1. The van der Waals surface area contributed by atoms with Gasteiger partial charge in [0, 0.05) is 25.7 Å². The molecule has 2 heterocycles. The van der Waals surface area contributed by atoms with Gasteiger partial charge in [-0.05, 0) is 26.2 Å². The van der Waals surface area contributed by atoms with E-state index in [0.29, 0.717) is 36.4 Å². The predicted molar refractivity (Wildman–Crippen MR) is 79.1 cm³/mol. The number of amides is 1. The van der Waals surface area contributed by atoms with Crippen LogP contribution in [-0.2, 0) is 4.74 Å². The van der Waals surface area contributed by atoms with Crippen LogP contribution in [0.3, 0.4) is 0 Å². The molecule has 0 radical (unpaired) electrons. The minimum absolute atomic E-state index is 0.0267. The van der Waals surface area contributed by atoms with Crippen molar-refractivity contribution < 1.29 is 9.53 Å². The number of nitrogens with two attached hydrogens (primary N) is 1. The molecule has 1 saturated carbocycles. The molecule has 1 atom stereocenters. The number of nitrogens with one attached hydrogen (secondary N) is 1. The Morgan fingerprint density at radius 2 is 2.35 bits per heavy atom. The quantitative estimate of drug-likeness (QED) is 0.884. The van der Waals surface area contributed by atoms with Crippen LogP contribution in [0.15, 0.2) is 0 Å². The predicted octanol–water partition coefficient (Wildman–Crippen LogP) is 1.55. The average molecular weight is 296 g/mol. The number of hydrogen-bond acceptors (Lipinski definition) is 6. The molecule has 2 fully saturated rings. The minimum Gasteiger partial charge on any atom is -0.382 e. The van der Waals surface area contributed by atoms with Crippen molar-refractivity contribution in [3.8, 4) is 0 Å². The first-order chi connectivity index (χ1) is 9.63. The molecule has 7 heteroatoms. The zero-order chi connectivity index (χ0) is 14.1. The van der Waals surface area contributed by atoms with Crippen LogP contribution in [0.4, 0.5) is 10.9 Å². The molecule has 0 bridgehead atoms. The Kier molecular flexibility index (Phi) is 3.80. The molecule has 3 rings (SSSR count). The Morgan fingerprint density at radius 1 is 1.55 bits per heavy atom. The number of nitrogens with zero attached hydrogens (tertiary/aromatic N) is 2. The summed E-state index contributed by atoms with van der Waals surface area (Å²) in [6, 6.07) is 0.509. The Labute approximate surface area is 122 Å². The van der Waals surface area contributed by atoms with E-state index in [2.05, 4.69) is 10.3 Å². The second kappa shape index (κ2) is 5.57. The highest BCUT2D eigenvalue weighted by Crippen LogP contribution is 2.31. The van der Waals surface area contributed by atoms with Crippen LogP contribution in [-0.4, -0.2) is 47.6 Å². The Balaban J connectivity index is 1.73. The number of ether oxygens (including phenoxy) is 1. The summed E-state index contributed by atoms with van der Waals surface area (Å²) in [7, 11) is 0. The second-order valence-corrected chi connectivity index (χ2v) is 6.44. The average Bonchev–Trinajstić information content (AvgIpc) is 3.17. The first-order valence-electron chi connectivity index (χ1n) is 7.07. The van der Waals surface area contributed by atoms with Gasteiger partial charge in [0.15, 0.2) is 5.13 Å². The molecule has 3 N–H and O–H groups in total. The van der Waals surface area contributed by atoms with E-state index in [4.69, 9.17) is 10.5 Å². The summed E-state index contributed by atoms with van der Waals surface area (Å²) in [5.74, 6) is 0.308. The van der Waals surface area contributed by atoms with Crippen LogP contribution in [0.2, 0.25) is 0 Å². The van der Waals surface area contributed by atoms with Crippen molar-refractivity contribution in [2.75, 3.05) is 30.7 Å². The van der Waals surface area contributed by atoms with Crippen molar-refractivity contribution in [2.45, 2.75) is 38.3 Å². The van der Waals surface area contributed by atoms with Crippen LogP contribution in [0.5, 0.6) is 0 Å². The third kappa shape index (κ3) is 3.04. The number of rotatable bonds is 3. The van der Waals surface area contributed by atoms with E-state index in [1.54, 1.807) is 0 Å². The maximum absolute atomic E-state index is 12.6. The standard InChI is InChI=1S/C13H20N4O2S/c1-8-7-17(5-2-6-19-8)12(18)10-11(14)16-13(20-10)15-9-3-4-9/h8-9H,2-7,14H2,1H3,(H,15,16). The number of carbonyl (C=O) groups is 1. The van der Waals surface area contributed by atoms with E-state index in [9.17, 15) is 4.79 Å². The SMILES string of the molecule is CC1CN(C(=O)c2sc(NC3CC3)nc2N)CCCO1. The number of anilines is 2. The van der Waals surface area contributed by atoms with Gasteiger partial charge in [0.2, 0.25) is 0 Å². The molecule has 1 unspecified atom stereocenters. The van der Waals surface area contributed by atoms with E-state index >= 15 is 0 Å². The number of thiazole rings is 1. The Bertz CT molecular complexity index is 501. The van der Waals surface area contributed by atoms with Crippen LogP contribution in [0.25, 0.3) is 0 Å². The van der Waals surface area contributed by atoms with Gasteiger partial charge in [0.05, 0.1) is 6.10 Å². The summed E-state index contributed by atoms with van der Waals surface area (Å²) >= 11 is 1.36. The normalized spacial score (nSPS) is 23.4. The van der Waals surface area contributed by atoms with Gasteiger partial charge in [-0.15, -0.1) is 0 Å². The highest BCUT2D eigenvalue weighted by molar-refractivity contribution is 7.18. The lowest BCUT2D eigenvalue weighted by molar-refractivity contribution is 0.0566. The maximum atomic E-state index is 12.6. The van der Waals surface area contributed by atoms with Crippen LogP contribution >= 0.6 is 11.3 Å². The molecule has 110 valence electrons. The molecular weight excluding hydrogens is 276 g/mol. The summed E-state index contributed by atoms with van der Waals surface area (Å²) in [6.45, 7) is 4.02. The largest absolute Gasteiger partial charge is 0.382 e. The van der Waals surface area contributed by atoms with Gasteiger partial charge in [-0.2, -0.15) is 0 Å². The lowest BCUT2D eigenvalue weighted by atomic mass is 10.3. The van der Waals surface area contributed by atoms with Crippen LogP contribution < -0.4 is 11.1 Å². The third-order valence-electron chi connectivity index (χ3n) is 3.49. The first kappa shape index (κ1) is 13.6. The third-order valence-corrected chi connectivity index (χ3v) is 4.48. The molecule has 1 aromatic rings. The summed E-state index contributed by atoms with van der Waals surface area (Å²) in [5.41, 5.74) is 5.90. The number of carbonyl (C=O) groups excluding carboxylic acids is 1. The summed E-state index contributed by atoms with van der Waals surface area (Å²) in [5, 5.41) is 4.04. The van der Waals surface area contributed by atoms with E-state index in [-0.39, 0.29) is 12.0 Å². The van der Waals surface area contributed by atoms with Crippen LogP contribution in [0, 0.1) is 0 Å². The van der Waals surface area contributed by atoms with Gasteiger partial charge in [-0.1, -0.05) is 11.3 Å². The molecule has 1 aliphatic heterocycles. The smallest absolute Gasteiger partial charge is 0.267 e. The molecule has 1 aromatic heterocycles. The number of hydrogen-bond donors (Lipinski definition) is 2. The van der Waals surface area contributed by atoms with Gasteiger partial charge in [0.25, 0.3) is 5.91 Å². The molecule has 0 aromatic carbocycles. The van der Waals surface area contributed by atoms with Crippen molar-refractivity contribution in [1.29, 1.82) is 0 Å². The van der Waals surface area contributed by atoms with E-state index in [0.717, 1.165) is 11.6 Å². The van der Waals surface area contributed by atoms with Crippen molar-refractivity contribution in [2.24, 2.45) is 0 Å². The molecule has 2 aliphatic rings. The fourth-order valence-corrected chi connectivity index (χ4v) is 3.20.